The Morgan fingerprint density at radius 1 is 1.16 bits per heavy atom. The molecule has 2 heterocycles. The molecule has 0 spiro atoms. The molecule has 0 saturated carbocycles. The molecule has 0 atom stereocenters. The van der Waals surface area contributed by atoms with E-state index in [4.69, 9.17) is 34.8 Å². The average molecular weight is 511 g/mol. The number of benzene rings is 1. The van der Waals surface area contributed by atoms with Crippen molar-refractivity contribution in [1.82, 2.24) is 19.6 Å². The van der Waals surface area contributed by atoms with Crippen LogP contribution in [-0.4, -0.2) is 25.5 Å². The van der Waals surface area contributed by atoms with Crippen molar-refractivity contribution in [2.75, 3.05) is 5.32 Å². The van der Waals surface area contributed by atoms with Gasteiger partial charge in [0.2, 0.25) is 0 Å². The monoisotopic (exact) mass is 509 g/mol. The summed E-state index contributed by atoms with van der Waals surface area (Å²) in [5, 5.41) is 12.4. The van der Waals surface area contributed by atoms with Crippen LogP contribution in [0.15, 0.2) is 30.6 Å². The fourth-order valence-electron chi connectivity index (χ4n) is 2.17. The van der Waals surface area contributed by atoms with Gasteiger partial charge in [0.05, 0.1) is 20.2 Å². The molecule has 0 bridgehead atoms. The summed E-state index contributed by atoms with van der Waals surface area (Å²) in [6.07, 6.45) is 3.38. The number of aryl methyl sites for hydroxylation is 1. The third-order valence-electron chi connectivity index (χ3n) is 3.28. The van der Waals surface area contributed by atoms with Gasteiger partial charge >= 0.3 is 0 Å². The summed E-state index contributed by atoms with van der Waals surface area (Å²) in [6, 6.07) is 5.32. The summed E-state index contributed by atoms with van der Waals surface area (Å²) in [5.74, 6) is -0.0973. The Labute approximate surface area is 172 Å². The van der Waals surface area contributed by atoms with Crippen molar-refractivity contribution in [2.24, 2.45) is 7.05 Å². The number of rotatable bonds is 4. The van der Waals surface area contributed by atoms with Crippen LogP contribution in [0.4, 0.5) is 5.82 Å². The standard InChI is InChI=1S/C15H11Cl3IN5O/c1-23-7-12(19)13(21-23)15(25)20-14-11(18)6-24(22-14)5-8-2-3-9(16)10(17)4-8/h2-4,6-7H,5H2,1H3,(H,20,22,25). The number of hydrogen-bond donors (Lipinski definition) is 1. The van der Waals surface area contributed by atoms with Gasteiger partial charge < -0.3 is 5.32 Å². The Balaban J connectivity index is 1.77. The number of nitrogens with one attached hydrogen (secondary N) is 1. The summed E-state index contributed by atoms with van der Waals surface area (Å²) in [6.45, 7) is 0.438. The van der Waals surface area contributed by atoms with Crippen LogP contribution in [0, 0.1) is 3.57 Å². The molecule has 1 N–H and O–H groups in total. The van der Waals surface area contributed by atoms with E-state index in [1.807, 2.05) is 28.7 Å². The van der Waals surface area contributed by atoms with E-state index in [9.17, 15) is 4.79 Å². The molecule has 1 aromatic carbocycles. The van der Waals surface area contributed by atoms with E-state index in [2.05, 4.69) is 15.5 Å². The van der Waals surface area contributed by atoms with Gasteiger partial charge in [0.15, 0.2) is 11.5 Å². The fourth-order valence-corrected chi connectivity index (χ4v) is 3.44. The van der Waals surface area contributed by atoms with Crippen molar-refractivity contribution < 1.29 is 4.79 Å². The van der Waals surface area contributed by atoms with Crippen molar-refractivity contribution in [3.05, 3.63) is 60.5 Å². The van der Waals surface area contributed by atoms with Gasteiger partial charge in [0, 0.05) is 19.4 Å². The van der Waals surface area contributed by atoms with Crippen LogP contribution in [0.1, 0.15) is 16.1 Å². The van der Waals surface area contributed by atoms with E-state index >= 15 is 0 Å². The Bertz CT molecular complexity index is 953. The van der Waals surface area contributed by atoms with E-state index in [1.54, 1.807) is 40.9 Å². The van der Waals surface area contributed by atoms with Gasteiger partial charge in [0.1, 0.15) is 5.02 Å². The molecular weight excluding hydrogens is 499 g/mol. The molecule has 0 fully saturated rings. The molecule has 6 nitrogen and oxygen atoms in total. The number of aromatic nitrogens is 4. The van der Waals surface area contributed by atoms with Crippen LogP contribution >= 0.6 is 57.4 Å². The molecule has 0 aliphatic heterocycles. The zero-order chi connectivity index (χ0) is 18.1. The predicted octanol–water partition coefficient (Wildman–Crippen LogP) is 4.48. The Morgan fingerprint density at radius 2 is 1.92 bits per heavy atom. The lowest BCUT2D eigenvalue weighted by atomic mass is 10.2. The third-order valence-corrected chi connectivity index (χ3v) is 5.08. The fraction of sp³-hybridized carbons (Fsp3) is 0.133. The Kier molecular flexibility index (Phi) is 5.57. The highest BCUT2D eigenvalue weighted by Crippen LogP contribution is 2.25. The average Bonchev–Trinajstić information content (AvgIpc) is 3.05. The maximum atomic E-state index is 12.3. The first-order valence-corrected chi connectivity index (χ1v) is 9.22. The van der Waals surface area contributed by atoms with Crippen LogP contribution < -0.4 is 5.32 Å². The van der Waals surface area contributed by atoms with Crippen molar-refractivity contribution in [3.63, 3.8) is 0 Å². The molecule has 0 radical (unpaired) electrons. The van der Waals surface area contributed by atoms with Crippen molar-refractivity contribution in [1.29, 1.82) is 0 Å². The molecule has 130 valence electrons. The van der Waals surface area contributed by atoms with E-state index in [0.29, 0.717) is 27.3 Å². The van der Waals surface area contributed by atoms with Gasteiger partial charge in [-0.2, -0.15) is 10.2 Å². The molecular formula is C15H11Cl3IN5O. The van der Waals surface area contributed by atoms with Crippen molar-refractivity contribution >= 4 is 69.1 Å². The predicted molar refractivity (Wildman–Crippen MR) is 107 cm³/mol. The molecule has 3 aromatic rings. The topological polar surface area (TPSA) is 64.7 Å². The highest BCUT2D eigenvalue weighted by Gasteiger charge is 2.17. The molecule has 0 aliphatic carbocycles. The minimum Gasteiger partial charge on any atom is -0.302 e. The first-order chi connectivity index (χ1) is 11.8. The van der Waals surface area contributed by atoms with E-state index in [0.717, 1.165) is 9.13 Å². The third kappa shape index (κ3) is 4.28. The van der Waals surface area contributed by atoms with Crippen LogP contribution in [0.2, 0.25) is 15.1 Å². The van der Waals surface area contributed by atoms with Gasteiger partial charge in [-0.05, 0) is 40.3 Å². The summed E-state index contributed by atoms with van der Waals surface area (Å²) >= 11 is 20.1. The van der Waals surface area contributed by atoms with Crippen LogP contribution in [0.5, 0.6) is 0 Å². The zero-order valence-corrected chi connectivity index (χ0v) is 17.2. The second-order valence-electron chi connectivity index (χ2n) is 5.23. The molecule has 3 rings (SSSR count). The molecule has 2 aromatic heterocycles. The van der Waals surface area contributed by atoms with Gasteiger partial charge in [0.25, 0.3) is 5.91 Å². The number of carbonyl (C=O) groups is 1. The summed E-state index contributed by atoms with van der Waals surface area (Å²) in [7, 11) is 1.75. The second-order valence-corrected chi connectivity index (χ2v) is 7.61. The van der Waals surface area contributed by atoms with Gasteiger partial charge in [-0.25, -0.2) is 0 Å². The van der Waals surface area contributed by atoms with Gasteiger partial charge in [-0.15, -0.1) is 0 Å². The van der Waals surface area contributed by atoms with Crippen molar-refractivity contribution in [2.45, 2.75) is 6.54 Å². The first kappa shape index (κ1) is 18.5. The molecule has 0 unspecified atom stereocenters. The maximum Gasteiger partial charge on any atom is 0.278 e. The summed E-state index contributed by atoms with van der Waals surface area (Å²) in [5.41, 5.74) is 1.23. The lowest BCUT2D eigenvalue weighted by Crippen LogP contribution is -2.15. The Hall–Kier alpha value is -1.29. The quantitative estimate of drug-likeness (QED) is 0.527. The van der Waals surface area contributed by atoms with Crippen LogP contribution in [-0.2, 0) is 13.6 Å². The number of anilines is 1. The van der Waals surface area contributed by atoms with E-state index in [1.165, 1.54) is 0 Å². The Morgan fingerprint density at radius 3 is 2.56 bits per heavy atom. The van der Waals surface area contributed by atoms with Crippen LogP contribution in [0.25, 0.3) is 0 Å². The van der Waals surface area contributed by atoms with E-state index in [-0.39, 0.29) is 11.7 Å². The number of halogens is 4. The molecule has 10 heteroatoms. The highest BCUT2D eigenvalue weighted by molar-refractivity contribution is 14.1. The number of carbonyl (C=O) groups excluding carboxylic acids is 1. The number of hydrogen-bond acceptors (Lipinski definition) is 3. The smallest absolute Gasteiger partial charge is 0.278 e. The van der Waals surface area contributed by atoms with E-state index < -0.39 is 0 Å². The number of nitrogens with zero attached hydrogens (tertiary/aromatic N) is 4. The SMILES string of the molecule is Cn1cc(I)c(C(=O)Nc2nn(Cc3ccc(Cl)c(Cl)c3)cc2Cl)n1. The molecule has 1 amide bonds. The largest absolute Gasteiger partial charge is 0.302 e. The van der Waals surface area contributed by atoms with Gasteiger partial charge in [-0.1, -0.05) is 40.9 Å². The van der Waals surface area contributed by atoms with Gasteiger partial charge in [-0.3, -0.25) is 14.2 Å². The lowest BCUT2D eigenvalue weighted by Gasteiger charge is -2.04. The normalized spacial score (nSPS) is 10.9. The summed E-state index contributed by atoms with van der Waals surface area (Å²) in [4.78, 5) is 12.3. The summed E-state index contributed by atoms with van der Waals surface area (Å²) < 4.78 is 3.92. The molecule has 0 aliphatic rings. The highest BCUT2D eigenvalue weighted by atomic mass is 127. The van der Waals surface area contributed by atoms with Crippen molar-refractivity contribution in [3.8, 4) is 0 Å². The zero-order valence-electron chi connectivity index (χ0n) is 12.8. The minimum absolute atomic E-state index is 0.271. The maximum absolute atomic E-state index is 12.3. The molecule has 25 heavy (non-hydrogen) atoms. The minimum atomic E-state index is -0.369. The first-order valence-electron chi connectivity index (χ1n) is 7.01. The second kappa shape index (κ2) is 7.53. The lowest BCUT2D eigenvalue weighted by molar-refractivity contribution is 0.102. The van der Waals surface area contributed by atoms with Crippen LogP contribution in [0.3, 0.4) is 0 Å². The number of amides is 1. The molecule has 0 saturated heterocycles.